The fourth-order valence-electron chi connectivity index (χ4n) is 3.66. The average Bonchev–Trinajstić information content (AvgIpc) is 3.11. The zero-order valence-corrected chi connectivity index (χ0v) is 32.6. The van der Waals surface area contributed by atoms with Gasteiger partial charge in [0.25, 0.3) is 0 Å². The van der Waals surface area contributed by atoms with Gasteiger partial charge >= 0.3 is 40.8 Å². The molecular weight excluding hydrogens is 715 g/mol. The summed E-state index contributed by atoms with van der Waals surface area (Å²) in [6.07, 6.45) is 16.6. The number of hydrogen-bond acceptors (Lipinski definition) is 12. The van der Waals surface area contributed by atoms with Crippen LogP contribution in [0.1, 0.15) is 76.6 Å². The predicted octanol–water partition coefficient (Wildman–Crippen LogP) is 3.80. The molecule has 0 aliphatic carbocycles. The van der Waals surface area contributed by atoms with Crippen molar-refractivity contribution in [3.63, 3.8) is 0 Å². The number of pyridine rings is 4. The molecule has 0 aromatic carbocycles. The van der Waals surface area contributed by atoms with Crippen molar-refractivity contribution in [2.75, 3.05) is 0 Å². The third-order valence-electron chi connectivity index (χ3n) is 5.81. The molecule has 0 radical (unpaired) electrons. The number of hydrogen-bond donors (Lipinski definition) is 5. The Morgan fingerprint density at radius 2 is 1.13 bits per heavy atom. The molecule has 4 aromatic rings. The number of rotatable bonds is 8. The second kappa shape index (κ2) is 29.1. The summed E-state index contributed by atoms with van der Waals surface area (Å²) in [5, 5.41) is 25.4. The Balaban J connectivity index is 0. The SMILES string of the molecule is CC(C)(C)OC(=O)CCc1ccc[n+](O)c1.CC(C)(C)OC(=O)CCc1cccnc1.Cl.NCc1ccc[n+](O)c1.NCc1cccnc1.O=BC#CO. The van der Waals surface area contributed by atoms with Gasteiger partial charge in [-0.2, -0.15) is 0 Å². The van der Waals surface area contributed by atoms with E-state index in [0.29, 0.717) is 45.9 Å². The van der Waals surface area contributed by atoms with Crippen LogP contribution in [0.3, 0.4) is 0 Å². The first kappa shape index (κ1) is 50.7. The molecule has 0 fully saturated rings. The Morgan fingerprint density at radius 1 is 0.722 bits per heavy atom. The van der Waals surface area contributed by atoms with E-state index in [1.807, 2.05) is 77.9 Å². The molecule has 0 saturated carbocycles. The minimum absolute atomic E-state index is 0. The third-order valence-corrected chi connectivity index (χ3v) is 5.81. The molecule has 0 bridgehead atoms. The number of aliphatic hydroxyl groups excluding tert-OH is 1. The van der Waals surface area contributed by atoms with Gasteiger partial charge in [0.15, 0.2) is 0 Å². The molecule has 0 saturated heterocycles. The van der Waals surface area contributed by atoms with Gasteiger partial charge in [-0.3, -0.25) is 30.0 Å². The Labute approximate surface area is 324 Å². The normalized spacial score (nSPS) is 9.63. The van der Waals surface area contributed by atoms with Crippen LogP contribution >= 0.6 is 12.4 Å². The van der Waals surface area contributed by atoms with Gasteiger partial charge in [0.05, 0.1) is 0 Å². The zero-order chi connectivity index (χ0) is 40.1. The Morgan fingerprint density at radius 3 is 1.44 bits per heavy atom. The van der Waals surface area contributed by atoms with Crippen molar-refractivity contribution in [1.82, 2.24) is 9.97 Å². The number of carbonyl (C=O) groups excluding carboxylic acids is 2. The number of aryl methyl sites for hydroxylation is 2. The fourth-order valence-corrected chi connectivity index (χ4v) is 3.66. The van der Waals surface area contributed by atoms with Gasteiger partial charge in [-0.25, -0.2) is 0 Å². The van der Waals surface area contributed by atoms with Crippen LogP contribution in [-0.4, -0.2) is 55.8 Å². The van der Waals surface area contributed by atoms with Crippen molar-refractivity contribution in [3.8, 4) is 11.9 Å². The first-order chi connectivity index (χ1) is 25.0. The zero-order valence-electron chi connectivity index (χ0n) is 31.8. The summed E-state index contributed by atoms with van der Waals surface area (Å²) in [6, 6.07) is 14.8. The van der Waals surface area contributed by atoms with E-state index in [2.05, 4.69) is 9.97 Å². The van der Waals surface area contributed by atoms with E-state index < -0.39 is 11.2 Å². The maximum atomic E-state index is 11.4. The molecule has 7 N–H and O–H groups in total. The van der Waals surface area contributed by atoms with E-state index in [4.69, 9.17) is 41.2 Å². The molecule has 0 aliphatic heterocycles. The fraction of sp³-hybridized carbons (Fsp3) is 0.368. The van der Waals surface area contributed by atoms with Gasteiger partial charge in [0.1, 0.15) is 11.2 Å². The summed E-state index contributed by atoms with van der Waals surface area (Å²) in [6.45, 7) is 12.2. The minimum atomic E-state index is -0.440. The van der Waals surface area contributed by atoms with E-state index in [9.17, 15) is 9.59 Å². The Bertz CT molecular complexity index is 1680. The molecule has 0 amide bonds. The summed E-state index contributed by atoms with van der Waals surface area (Å²) < 4.78 is 21.4. The molecule has 4 aromatic heterocycles. The molecule has 292 valence electrons. The van der Waals surface area contributed by atoms with Crippen molar-refractivity contribution in [2.45, 2.75) is 91.5 Å². The summed E-state index contributed by atoms with van der Waals surface area (Å²) >= 11 is 0. The monoisotopic (exact) mass is 768 g/mol. The number of esters is 2. The van der Waals surface area contributed by atoms with Gasteiger partial charge in [-0.1, -0.05) is 12.1 Å². The van der Waals surface area contributed by atoms with Crippen molar-refractivity contribution < 1.29 is 48.7 Å². The molecule has 54 heavy (non-hydrogen) atoms. The second-order valence-corrected chi connectivity index (χ2v) is 12.9. The first-order valence-corrected chi connectivity index (χ1v) is 16.6. The summed E-state index contributed by atoms with van der Waals surface area (Å²) in [5.74, 6) is 1.35. The maximum absolute atomic E-state index is 11.4. The van der Waals surface area contributed by atoms with Crippen LogP contribution in [0.25, 0.3) is 0 Å². The van der Waals surface area contributed by atoms with Crippen molar-refractivity contribution in [2.24, 2.45) is 11.5 Å². The van der Waals surface area contributed by atoms with Crippen LogP contribution in [-0.2, 0) is 49.7 Å². The number of nitrogens with two attached hydrogens (primary N) is 2. The second-order valence-electron chi connectivity index (χ2n) is 12.9. The molecule has 16 heteroatoms. The van der Waals surface area contributed by atoms with Crippen LogP contribution < -0.4 is 20.9 Å². The number of aliphatic hydroxyl groups is 1. The number of nitrogens with zero attached hydrogens (tertiary/aromatic N) is 4. The van der Waals surface area contributed by atoms with Crippen molar-refractivity contribution in [1.29, 1.82) is 0 Å². The standard InChI is InChI=1S/C12H18NO3.C12H17NO2.C6H9N2O.C6H8N2.C2HBO2.ClH/c1-12(2,3)16-11(14)7-6-10-5-4-8-13(15)9-10;1-12(2,3)15-11(14)7-6-10-5-4-8-13-9-10;7-4-6-2-1-3-8(9)5-6;7-4-6-2-1-3-8-5-6;4-2-1-3-5;/h4-5,8-9,15H,6-7H2,1-3H3;4-5,8-9H,6-7H2,1-3H3;1-3,5,9H,4,7H2;1-3,5H,4,7H2;4H;1H/q+1;;+1;;;. The average molecular weight is 769 g/mol. The van der Waals surface area contributed by atoms with E-state index in [0.717, 1.165) is 31.7 Å². The molecule has 14 nitrogen and oxygen atoms in total. The molecule has 0 aliphatic rings. The van der Waals surface area contributed by atoms with E-state index in [-0.39, 0.29) is 24.3 Å². The van der Waals surface area contributed by atoms with Gasteiger partial charge in [0.2, 0.25) is 24.8 Å². The van der Waals surface area contributed by atoms with Gasteiger partial charge in [0, 0.05) is 83.4 Å². The van der Waals surface area contributed by atoms with Gasteiger partial charge in [-0.15, -0.1) is 12.4 Å². The first-order valence-electron chi connectivity index (χ1n) is 16.6. The third kappa shape index (κ3) is 30.2. The van der Waals surface area contributed by atoms with E-state index in [1.54, 1.807) is 61.3 Å². The molecular formula is C38H54BClN6O8+2. The van der Waals surface area contributed by atoms with Crippen molar-refractivity contribution in [3.05, 3.63) is 120 Å². The van der Waals surface area contributed by atoms with E-state index in [1.165, 1.54) is 12.3 Å². The number of halogens is 1. The molecule has 0 spiro atoms. The Kier molecular flexibility index (Phi) is 27.3. The van der Waals surface area contributed by atoms with Crippen LogP contribution in [0.4, 0.5) is 0 Å². The van der Waals surface area contributed by atoms with Crippen LogP contribution in [0.5, 0.6) is 0 Å². The summed E-state index contributed by atoms with van der Waals surface area (Å²) in [5.41, 5.74) is 13.7. The quantitative estimate of drug-likeness (QED) is 0.0569. The van der Waals surface area contributed by atoms with Crippen LogP contribution in [0, 0.1) is 11.9 Å². The molecule has 0 unspecified atom stereocenters. The predicted molar refractivity (Wildman–Crippen MR) is 204 cm³/mol. The number of aromatic nitrogens is 4. The summed E-state index contributed by atoms with van der Waals surface area (Å²) in [7, 11) is 0.319. The number of ether oxygens (including phenoxy) is 2. The molecule has 0 atom stereocenters. The molecule has 4 rings (SSSR count). The molecule has 4 heterocycles. The van der Waals surface area contributed by atoms with E-state index >= 15 is 0 Å². The Hall–Kier alpha value is -5.43. The van der Waals surface area contributed by atoms with Gasteiger partial charge in [-0.05, 0) is 89.8 Å². The van der Waals surface area contributed by atoms with Gasteiger partial charge < -0.3 is 20.9 Å². The number of carbonyl (C=O) groups is 2. The topological polar surface area (TPSA) is 216 Å². The van der Waals surface area contributed by atoms with Crippen LogP contribution in [0.15, 0.2) is 98.1 Å². The summed E-state index contributed by atoms with van der Waals surface area (Å²) in [4.78, 5) is 30.7. The van der Waals surface area contributed by atoms with Crippen LogP contribution in [0.2, 0.25) is 0 Å². The van der Waals surface area contributed by atoms with Crippen molar-refractivity contribution >= 4 is 31.5 Å².